The van der Waals surface area contributed by atoms with Gasteiger partial charge in [0.15, 0.2) is 0 Å². The van der Waals surface area contributed by atoms with Crippen molar-refractivity contribution in [3.63, 3.8) is 0 Å². The number of piperidine rings is 1. The molecule has 2 aliphatic rings. The van der Waals surface area contributed by atoms with Crippen LogP contribution >= 0.6 is 22.9 Å². The van der Waals surface area contributed by atoms with Gasteiger partial charge in [0.1, 0.15) is 12.5 Å². The van der Waals surface area contributed by atoms with Crippen molar-refractivity contribution >= 4 is 34.9 Å². The van der Waals surface area contributed by atoms with Crippen LogP contribution in [0.1, 0.15) is 67.5 Å². The van der Waals surface area contributed by atoms with Crippen LogP contribution in [0, 0.1) is 0 Å². The van der Waals surface area contributed by atoms with E-state index in [4.69, 9.17) is 16.3 Å². The lowest BCUT2D eigenvalue weighted by atomic mass is 9.83. The van der Waals surface area contributed by atoms with E-state index < -0.39 is 0 Å². The Bertz CT molecular complexity index is 1100. The first-order valence-electron chi connectivity index (χ1n) is 13.3. The van der Waals surface area contributed by atoms with E-state index in [0.29, 0.717) is 36.6 Å². The third kappa shape index (κ3) is 6.54. The van der Waals surface area contributed by atoms with Crippen LogP contribution in [0.3, 0.4) is 0 Å². The predicted octanol–water partition coefficient (Wildman–Crippen LogP) is 3.97. The highest BCUT2D eigenvalue weighted by Gasteiger charge is 2.40. The van der Waals surface area contributed by atoms with Gasteiger partial charge in [-0.1, -0.05) is 67.2 Å². The Hall–Kier alpha value is -2.42. The molecule has 2 aliphatic heterocycles. The highest BCUT2D eigenvalue weighted by Crippen LogP contribution is 2.36. The number of ether oxygens (including phenoxy) is 1. The normalized spacial score (nSPS) is 22.3. The van der Waals surface area contributed by atoms with Crippen LogP contribution < -0.4 is 10.3 Å². The number of carbonyl (C=O) groups is 2. The van der Waals surface area contributed by atoms with Crippen molar-refractivity contribution in [2.24, 2.45) is 0 Å². The quantitative estimate of drug-likeness (QED) is 0.576. The zero-order chi connectivity index (χ0) is 26.4. The van der Waals surface area contributed by atoms with Gasteiger partial charge in [0.05, 0.1) is 37.7 Å². The van der Waals surface area contributed by atoms with Crippen molar-refractivity contribution in [3.05, 3.63) is 62.6 Å². The molecule has 1 aromatic heterocycles. The summed E-state index contributed by atoms with van der Waals surface area (Å²) in [7, 11) is 1.39. The highest BCUT2D eigenvalue weighted by atomic mass is 35.5. The van der Waals surface area contributed by atoms with Crippen molar-refractivity contribution in [1.29, 1.82) is 0 Å². The van der Waals surface area contributed by atoms with Crippen molar-refractivity contribution in [1.82, 2.24) is 9.80 Å². The molecule has 0 spiro atoms. The number of rotatable bonds is 5. The number of methoxy groups -OCH3 is 1. The number of hydrogen-bond acceptors (Lipinski definition) is 4. The van der Waals surface area contributed by atoms with Gasteiger partial charge in [-0.05, 0) is 37.2 Å². The average Bonchev–Trinajstić information content (AvgIpc) is 3.32. The number of quaternary nitrogens is 1. The van der Waals surface area contributed by atoms with E-state index >= 15 is 0 Å². The molecule has 4 rings (SSSR count). The molecule has 37 heavy (non-hydrogen) atoms. The van der Waals surface area contributed by atoms with Crippen LogP contribution in [0.4, 0.5) is 4.79 Å². The van der Waals surface area contributed by atoms with Gasteiger partial charge in [-0.25, -0.2) is 4.79 Å². The summed E-state index contributed by atoms with van der Waals surface area (Å²) >= 11 is 7.83. The fourth-order valence-electron chi connectivity index (χ4n) is 5.58. The van der Waals surface area contributed by atoms with E-state index in [1.54, 1.807) is 4.90 Å². The number of thiazole rings is 1. The van der Waals surface area contributed by atoms with Crippen LogP contribution in [0.15, 0.2) is 42.0 Å². The zero-order valence-corrected chi connectivity index (χ0v) is 23.6. The number of carbonyl (C=O) groups excluding carboxylic acids is 2. The molecule has 7 nitrogen and oxygen atoms in total. The van der Waals surface area contributed by atoms with E-state index in [0.717, 1.165) is 42.8 Å². The number of aromatic nitrogens is 1. The minimum absolute atomic E-state index is 0.0587. The van der Waals surface area contributed by atoms with Gasteiger partial charge in [0, 0.05) is 18.1 Å². The van der Waals surface area contributed by atoms with Crippen molar-refractivity contribution in [2.75, 3.05) is 33.3 Å². The molecule has 2 amide bonds. The number of amides is 2. The maximum absolute atomic E-state index is 14.3. The lowest BCUT2D eigenvalue weighted by Crippen LogP contribution is -2.87. The number of hydrogen-bond donors (Lipinski definition) is 1. The number of nitrogens with one attached hydrogen (secondary N) is 1. The molecule has 1 saturated heterocycles. The largest absolute Gasteiger partial charge is 0.453 e. The second-order valence-electron chi connectivity index (χ2n) is 9.86. The number of likely N-dealkylation sites (tertiary alicyclic amines) is 1. The Morgan fingerprint density at radius 3 is 2.68 bits per heavy atom. The Labute approximate surface area is 228 Å². The first-order valence-corrected chi connectivity index (χ1v) is 14.5. The summed E-state index contributed by atoms with van der Waals surface area (Å²) in [6, 6.07) is 10.7. The number of benzene rings is 1. The summed E-state index contributed by atoms with van der Waals surface area (Å²) in [5.74, 6) is 0.259. The Balaban J connectivity index is 1.64. The molecule has 1 aromatic carbocycles. The summed E-state index contributed by atoms with van der Waals surface area (Å²) in [4.78, 5) is 34.5. The molecule has 2 aromatic rings. The predicted molar refractivity (Wildman–Crippen MR) is 146 cm³/mol. The Morgan fingerprint density at radius 1 is 1.22 bits per heavy atom. The number of halogens is 1. The van der Waals surface area contributed by atoms with Gasteiger partial charge < -0.3 is 15.0 Å². The Morgan fingerprint density at radius 2 is 1.97 bits per heavy atom. The molecule has 1 fully saturated rings. The molecule has 3 heterocycles. The molecule has 0 radical (unpaired) electrons. The van der Waals surface area contributed by atoms with Gasteiger partial charge in [-0.3, -0.25) is 9.69 Å². The molecule has 0 bridgehead atoms. The van der Waals surface area contributed by atoms with E-state index in [2.05, 4.69) is 65.5 Å². The zero-order valence-electron chi connectivity index (χ0n) is 22.0. The first kappa shape index (κ1) is 27.6. The third-order valence-corrected chi connectivity index (χ3v) is 9.04. The lowest BCUT2D eigenvalue weighted by Gasteiger charge is -2.40. The maximum Gasteiger partial charge on any atom is 0.410 e. The number of H-pyrrole nitrogens is 1. The van der Waals surface area contributed by atoms with Crippen molar-refractivity contribution in [2.45, 2.75) is 64.0 Å². The molecule has 200 valence electrons. The SMILES string of the molecule is CCC(=CC1CC(c2ccccc2)CCN1C(=O)C1C[NH2+]CCN(C(=O)OC)Cc2[nH+]c(Cl)sc21)CC. The topological polar surface area (TPSA) is 80.6 Å². The smallest absolute Gasteiger partial charge is 0.410 e. The summed E-state index contributed by atoms with van der Waals surface area (Å²) in [6.07, 6.45) is 5.83. The molecule has 3 atom stereocenters. The van der Waals surface area contributed by atoms with Gasteiger partial charge in [-0.2, -0.15) is 4.98 Å². The minimum Gasteiger partial charge on any atom is -0.453 e. The summed E-state index contributed by atoms with van der Waals surface area (Å²) < 4.78 is 5.50. The number of nitrogens with zero attached hydrogens (tertiary/aromatic N) is 2. The standard InChI is InChI=1S/C28H37ClN4O3S/c1-4-19(5-2)15-22-16-21(20-9-7-6-8-10-20)11-13-33(22)26(34)23-17-30-12-14-32(28(35)36-3)18-24-25(23)37-27(29)31-24/h6-10,15,21-23,30H,4-5,11-14,16-18H2,1-3H3/p+2. The van der Waals surface area contributed by atoms with Crippen molar-refractivity contribution in [3.8, 4) is 0 Å². The van der Waals surface area contributed by atoms with Gasteiger partial charge in [-0.15, -0.1) is 0 Å². The van der Waals surface area contributed by atoms with E-state index in [-0.39, 0.29) is 24.0 Å². The third-order valence-electron chi connectivity index (χ3n) is 7.68. The van der Waals surface area contributed by atoms with Crippen LogP contribution in [-0.2, 0) is 16.1 Å². The Kier molecular flexibility index (Phi) is 9.62. The van der Waals surface area contributed by atoms with E-state index in [1.165, 1.54) is 29.6 Å². The second kappa shape index (κ2) is 12.9. The summed E-state index contributed by atoms with van der Waals surface area (Å²) in [5.41, 5.74) is 3.56. The molecule has 9 heteroatoms. The molecule has 3 N–H and O–H groups in total. The number of fused-ring (bicyclic) bond motifs is 1. The minimum atomic E-state index is -0.375. The maximum atomic E-state index is 14.3. The molecular weight excluding hydrogens is 508 g/mol. The van der Waals surface area contributed by atoms with Gasteiger partial charge in [0.25, 0.3) is 0 Å². The van der Waals surface area contributed by atoms with E-state index in [1.807, 2.05) is 0 Å². The van der Waals surface area contributed by atoms with Crippen LogP contribution in [0.2, 0.25) is 4.47 Å². The monoisotopic (exact) mass is 546 g/mol. The molecule has 3 unspecified atom stereocenters. The van der Waals surface area contributed by atoms with Crippen LogP contribution in [-0.4, -0.2) is 61.1 Å². The van der Waals surface area contributed by atoms with Crippen molar-refractivity contribution < 1.29 is 24.6 Å². The van der Waals surface area contributed by atoms with Crippen LogP contribution in [0.25, 0.3) is 0 Å². The second-order valence-corrected chi connectivity index (χ2v) is 11.5. The lowest BCUT2D eigenvalue weighted by molar-refractivity contribution is -0.654. The highest BCUT2D eigenvalue weighted by molar-refractivity contribution is 7.15. The van der Waals surface area contributed by atoms with E-state index in [9.17, 15) is 9.59 Å². The summed E-state index contributed by atoms with van der Waals surface area (Å²) in [6.45, 7) is 7.32. The number of allylic oxidation sites excluding steroid dienone is 1. The van der Waals surface area contributed by atoms with Crippen LogP contribution in [0.5, 0.6) is 0 Å². The first-order chi connectivity index (χ1) is 17.9. The molecule has 0 saturated carbocycles. The fourth-order valence-corrected chi connectivity index (χ4v) is 6.89. The fraction of sp³-hybridized carbons (Fsp3) is 0.536. The number of aromatic amines is 1. The molecular formula is C28H39ClN4O3S+2. The number of nitrogens with two attached hydrogens (primary N) is 1. The van der Waals surface area contributed by atoms with Gasteiger partial charge >= 0.3 is 10.6 Å². The van der Waals surface area contributed by atoms with Gasteiger partial charge in [0.2, 0.25) is 11.6 Å². The average molecular weight is 547 g/mol. The molecule has 0 aliphatic carbocycles. The summed E-state index contributed by atoms with van der Waals surface area (Å²) in [5, 5.41) is 2.13.